The zero-order valence-electron chi connectivity index (χ0n) is 16.9. The van der Waals surface area contributed by atoms with Crippen molar-refractivity contribution in [1.82, 2.24) is 15.3 Å². The summed E-state index contributed by atoms with van der Waals surface area (Å²) in [5, 5.41) is 3.76. The molecule has 0 saturated heterocycles. The average molecular weight is 437 g/mol. The van der Waals surface area contributed by atoms with Gasteiger partial charge in [-0.15, -0.1) is 0 Å². The molecule has 0 fully saturated rings. The van der Waals surface area contributed by atoms with Gasteiger partial charge in [-0.1, -0.05) is 24.3 Å². The lowest BCUT2D eigenvalue weighted by Gasteiger charge is -2.21. The van der Waals surface area contributed by atoms with Crippen LogP contribution in [0.1, 0.15) is 33.2 Å². The number of hydrogen-bond acceptors (Lipinski definition) is 4. The highest BCUT2D eigenvalue weighted by Gasteiger charge is 2.31. The van der Waals surface area contributed by atoms with Gasteiger partial charge in [-0.05, 0) is 48.0 Å². The van der Waals surface area contributed by atoms with Crippen molar-refractivity contribution >= 4 is 16.8 Å². The van der Waals surface area contributed by atoms with Crippen molar-refractivity contribution in [2.24, 2.45) is 0 Å². The van der Waals surface area contributed by atoms with E-state index < -0.39 is 23.7 Å². The van der Waals surface area contributed by atoms with E-state index in [1.54, 1.807) is 42.6 Å². The van der Waals surface area contributed by atoms with Crippen molar-refractivity contribution in [2.45, 2.75) is 12.2 Å². The van der Waals surface area contributed by atoms with E-state index in [-0.39, 0.29) is 0 Å². The fourth-order valence-corrected chi connectivity index (χ4v) is 3.39. The number of nitrogens with one attached hydrogen (secondary N) is 1. The predicted molar refractivity (Wildman–Crippen MR) is 113 cm³/mol. The van der Waals surface area contributed by atoms with Gasteiger partial charge in [0.25, 0.3) is 5.91 Å². The Morgan fingerprint density at radius 1 is 0.969 bits per heavy atom. The van der Waals surface area contributed by atoms with Crippen LogP contribution in [-0.2, 0) is 6.18 Å². The Labute approximate surface area is 181 Å². The van der Waals surface area contributed by atoms with Gasteiger partial charge < -0.3 is 10.1 Å². The lowest BCUT2D eigenvalue weighted by Crippen LogP contribution is -2.30. The Hall–Kier alpha value is -3.94. The zero-order chi connectivity index (χ0) is 22.7. The van der Waals surface area contributed by atoms with Crippen molar-refractivity contribution in [1.29, 1.82) is 0 Å². The summed E-state index contributed by atoms with van der Waals surface area (Å²) in [7, 11) is 1.46. The third-order valence-corrected chi connectivity index (χ3v) is 5.01. The quantitative estimate of drug-likeness (QED) is 0.468. The molecule has 0 bridgehead atoms. The summed E-state index contributed by atoms with van der Waals surface area (Å²) in [5.74, 6) is -0.0203. The van der Waals surface area contributed by atoms with Crippen LogP contribution in [0, 0.1) is 0 Å². The highest BCUT2D eigenvalue weighted by atomic mass is 19.4. The molecule has 0 unspecified atom stereocenters. The number of nitrogens with zero attached hydrogens (tertiary/aromatic N) is 2. The molecule has 5 nitrogen and oxygen atoms in total. The fourth-order valence-electron chi connectivity index (χ4n) is 3.39. The van der Waals surface area contributed by atoms with E-state index in [2.05, 4.69) is 15.3 Å². The lowest BCUT2D eigenvalue weighted by molar-refractivity contribution is -0.137. The molecule has 162 valence electrons. The van der Waals surface area contributed by atoms with Gasteiger partial charge in [0.15, 0.2) is 0 Å². The molecule has 4 aromatic rings. The Morgan fingerprint density at radius 2 is 1.69 bits per heavy atom. The van der Waals surface area contributed by atoms with Crippen LogP contribution >= 0.6 is 0 Å². The van der Waals surface area contributed by atoms with Crippen LogP contribution in [0.15, 0.2) is 79.1 Å². The van der Waals surface area contributed by atoms with E-state index >= 15 is 0 Å². The van der Waals surface area contributed by atoms with Crippen molar-refractivity contribution in [3.63, 3.8) is 0 Å². The molecule has 2 heterocycles. The van der Waals surface area contributed by atoms with Crippen LogP contribution in [-0.4, -0.2) is 23.0 Å². The van der Waals surface area contributed by atoms with Gasteiger partial charge in [0.1, 0.15) is 17.5 Å². The molecule has 2 aromatic carbocycles. The molecular formula is C24H18F3N3O2. The molecule has 0 radical (unpaired) electrons. The number of rotatable bonds is 5. The van der Waals surface area contributed by atoms with E-state index in [9.17, 15) is 18.0 Å². The number of fused-ring (bicyclic) bond motifs is 1. The fraction of sp³-hybridized carbons (Fsp3) is 0.125. The number of carbonyl (C=O) groups is 1. The number of ether oxygens (including phenoxy) is 1. The van der Waals surface area contributed by atoms with Gasteiger partial charge in [0.05, 0.1) is 18.2 Å². The number of carbonyl (C=O) groups excluding carboxylic acids is 1. The molecule has 32 heavy (non-hydrogen) atoms. The first-order valence-electron chi connectivity index (χ1n) is 9.68. The highest BCUT2D eigenvalue weighted by Crippen LogP contribution is 2.33. The maximum atomic E-state index is 13.1. The Morgan fingerprint density at radius 3 is 2.41 bits per heavy atom. The molecule has 8 heteroatoms. The summed E-state index contributed by atoms with van der Waals surface area (Å²) in [6.45, 7) is 0. The predicted octanol–water partition coefficient (Wildman–Crippen LogP) is 5.18. The van der Waals surface area contributed by atoms with E-state index in [0.29, 0.717) is 28.1 Å². The van der Waals surface area contributed by atoms with Crippen molar-refractivity contribution in [3.8, 4) is 5.75 Å². The SMILES string of the molecule is COc1cccnc1[C@@H](NC(=O)c1ccc2cccnc2c1)c1ccc(C(F)(F)F)cc1. The van der Waals surface area contributed by atoms with E-state index in [1.807, 2.05) is 6.07 Å². The highest BCUT2D eigenvalue weighted by molar-refractivity contribution is 5.98. The monoisotopic (exact) mass is 437 g/mol. The molecule has 0 aliphatic heterocycles. The number of methoxy groups -OCH3 is 1. The summed E-state index contributed by atoms with van der Waals surface area (Å²) in [4.78, 5) is 21.7. The summed E-state index contributed by atoms with van der Waals surface area (Å²) in [6.07, 6.45) is -1.30. The van der Waals surface area contributed by atoms with Crippen LogP contribution in [0.3, 0.4) is 0 Å². The molecule has 1 N–H and O–H groups in total. The van der Waals surface area contributed by atoms with Gasteiger partial charge in [-0.3, -0.25) is 14.8 Å². The second kappa shape index (κ2) is 8.66. The van der Waals surface area contributed by atoms with Gasteiger partial charge in [0.2, 0.25) is 0 Å². The summed E-state index contributed by atoms with van der Waals surface area (Å²) in [5.41, 5.74) is 1.05. The third kappa shape index (κ3) is 4.39. The average Bonchev–Trinajstić information content (AvgIpc) is 2.81. The summed E-state index contributed by atoms with van der Waals surface area (Å²) in [6, 6.07) is 15.9. The number of pyridine rings is 2. The second-order valence-corrected chi connectivity index (χ2v) is 7.03. The molecule has 0 saturated carbocycles. The standard InChI is InChI=1S/C24H18F3N3O2/c1-32-20-5-3-13-29-22(20)21(16-8-10-18(11-9-16)24(25,26)27)30-23(31)17-7-6-15-4-2-12-28-19(15)14-17/h2-14,21H,1H3,(H,30,31)/t21-/m0/s1. The lowest BCUT2D eigenvalue weighted by atomic mass is 10.00. The van der Waals surface area contributed by atoms with Crippen LogP contribution in [0.5, 0.6) is 5.75 Å². The molecule has 0 aliphatic carbocycles. The largest absolute Gasteiger partial charge is 0.495 e. The summed E-state index contributed by atoms with van der Waals surface area (Å²) >= 11 is 0. The zero-order valence-corrected chi connectivity index (χ0v) is 16.9. The molecule has 1 atom stereocenters. The number of aromatic nitrogens is 2. The van der Waals surface area contributed by atoms with Crippen LogP contribution in [0.2, 0.25) is 0 Å². The molecule has 2 aromatic heterocycles. The number of alkyl halides is 3. The Balaban J connectivity index is 1.72. The van der Waals surface area contributed by atoms with Crippen LogP contribution < -0.4 is 10.1 Å². The normalized spacial score (nSPS) is 12.4. The van der Waals surface area contributed by atoms with Crippen LogP contribution in [0.25, 0.3) is 10.9 Å². The third-order valence-electron chi connectivity index (χ3n) is 5.01. The minimum Gasteiger partial charge on any atom is -0.495 e. The van der Waals surface area contributed by atoms with Crippen LogP contribution in [0.4, 0.5) is 13.2 Å². The minimum absolute atomic E-state index is 0.364. The maximum Gasteiger partial charge on any atom is 0.416 e. The first kappa shape index (κ1) is 21.3. The topological polar surface area (TPSA) is 64.1 Å². The smallest absolute Gasteiger partial charge is 0.416 e. The van der Waals surface area contributed by atoms with E-state index in [1.165, 1.54) is 25.4 Å². The minimum atomic E-state index is -4.46. The first-order chi connectivity index (χ1) is 15.4. The number of halogens is 3. The molecule has 4 rings (SSSR count). The summed E-state index contributed by atoms with van der Waals surface area (Å²) < 4.78 is 44.4. The maximum absolute atomic E-state index is 13.1. The van der Waals surface area contributed by atoms with Gasteiger partial charge in [0, 0.05) is 23.3 Å². The second-order valence-electron chi connectivity index (χ2n) is 7.03. The van der Waals surface area contributed by atoms with E-state index in [0.717, 1.165) is 17.5 Å². The number of benzene rings is 2. The number of amides is 1. The molecular weight excluding hydrogens is 419 g/mol. The number of hydrogen-bond donors (Lipinski definition) is 1. The van der Waals surface area contributed by atoms with Crippen molar-refractivity contribution in [2.75, 3.05) is 7.11 Å². The molecule has 0 aliphatic rings. The molecule has 1 amide bonds. The van der Waals surface area contributed by atoms with E-state index in [4.69, 9.17) is 4.74 Å². The van der Waals surface area contributed by atoms with Crippen molar-refractivity contribution < 1.29 is 22.7 Å². The molecule has 0 spiro atoms. The van der Waals surface area contributed by atoms with Crippen molar-refractivity contribution in [3.05, 3.63) is 102 Å². The Kier molecular flexibility index (Phi) is 5.77. The first-order valence-corrected chi connectivity index (χ1v) is 9.68. The van der Waals surface area contributed by atoms with Gasteiger partial charge in [-0.2, -0.15) is 13.2 Å². The van der Waals surface area contributed by atoms with Gasteiger partial charge in [-0.25, -0.2) is 0 Å². The Bertz CT molecular complexity index is 1260. The van der Waals surface area contributed by atoms with Gasteiger partial charge >= 0.3 is 6.18 Å².